The standard InChI is InChI=1S/C17H21N3O2/c1-12-8-9-16(22-2)15(10-12)20-17(14(11-21)18-19-20)13-6-4-3-5-7-13/h8-11,13H,3-7H2,1-2H3. The second-order valence-corrected chi connectivity index (χ2v) is 5.90. The zero-order chi connectivity index (χ0) is 15.5. The Kier molecular flexibility index (Phi) is 4.22. The van der Waals surface area contributed by atoms with Gasteiger partial charge < -0.3 is 4.74 Å². The number of nitrogens with zero attached hydrogens (tertiary/aromatic N) is 3. The van der Waals surface area contributed by atoms with E-state index in [2.05, 4.69) is 10.3 Å². The van der Waals surface area contributed by atoms with Gasteiger partial charge in [-0.2, -0.15) is 0 Å². The molecular weight excluding hydrogens is 278 g/mol. The summed E-state index contributed by atoms with van der Waals surface area (Å²) in [6.45, 7) is 2.03. The third-order valence-electron chi connectivity index (χ3n) is 4.40. The molecule has 5 heteroatoms. The van der Waals surface area contributed by atoms with Gasteiger partial charge in [0.25, 0.3) is 0 Å². The van der Waals surface area contributed by atoms with Crippen molar-refractivity contribution in [1.29, 1.82) is 0 Å². The van der Waals surface area contributed by atoms with Gasteiger partial charge in [0.15, 0.2) is 6.29 Å². The molecule has 0 amide bonds. The molecule has 0 spiro atoms. The van der Waals surface area contributed by atoms with E-state index in [0.717, 1.165) is 41.8 Å². The second-order valence-electron chi connectivity index (χ2n) is 5.90. The zero-order valence-electron chi connectivity index (χ0n) is 13.1. The van der Waals surface area contributed by atoms with E-state index in [1.54, 1.807) is 11.8 Å². The molecule has 1 aliphatic rings. The molecule has 0 aliphatic heterocycles. The van der Waals surface area contributed by atoms with Crippen LogP contribution in [-0.4, -0.2) is 28.4 Å². The van der Waals surface area contributed by atoms with Crippen LogP contribution in [0.1, 0.15) is 59.8 Å². The van der Waals surface area contributed by atoms with Gasteiger partial charge >= 0.3 is 0 Å². The van der Waals surface area contributed by atoms with Gasteiger partial charge in [0.05, 0.1) is 12.8 Å². The van der Waals surface area contributed by atoms with Crippen LogP contribution in [0, 0.1) is 6.92 Å². The molecule has 0 unspecified atom stereocenters. The Hall–Kier alpha value is -2.17. The summed E-state index contributed by atoms with van der Waals surface area (Å²) < 4.78 is 7.26. The highest BCUT2D eigenvalue weighted by Gasteiger charge is 2.26. The number of rotatable bonds is 4. The fraction of sp³-hybridized carbons (Fsp3) is 0.471. The first-order valence-electron chi connectivity index (χ1n) is 7.80. The van der Waals surface area contributed by atoms with Gasteiger partial charge in [-0.15, -0.1) is 5.10 Å². The predicted molar refractivity (Wildman–Crippen MR) is 83.9 cm³/mol. The highest BCUT2D eigenvalue weighted by Crippen LogP contribution is 2.36. The molecule has 0 bridgehead atoms. The molecule has 0 saturated heterocycles. The first-order chi connectivity index (χ1) is 10.7. The van der Waals surface area contributed by atoms with Crippen molar-refractivity contribution < 1.29 is 9.53 Å². The van der Waals surface area contributed by atoms with E-state index in [-0.39, 0.29) is 0 Å². The van der Waals surface area contributed by atoms with E-state index in [1.807, 2.05) is 25.1 Å². The van der Waals surface area contributed by atoms with E-state index in [9.17, 15) is 4.79 Å². The Balaban J connectivity index is 2.13. The number of aryl methyl sites for hydroxylation is 1. The highest BCUT2D eigenvalue weighted by molar-refractivity contribution is 5.74. The molecule has 3 rings (SSSR count). The van der Waals surface area contributed by atoms with Crippen LogP contribution in [0.2, 0.25) is 0 Å². The number of benzene rings is 1. The van der Waals surface area contributed by atoms with Gasteiger partial charge in [-0.25, -0.2) is 4.68 Å². The lowest BCUT2D eigenvalue weighted by Crippen LogP contribution is -2.13. The van der Waals surface area contributed by atoms with Crippen LogP contribution in [0.4, 0.5) is 0 Å². The number of methoxy groups -OCH3 is 1. The molecule has 5 nitrogen and oxygen atoms in total. The summed E-state index contributed by atoms with van der Waals surface area (Å²) in [4.78, 5) is 11.4. The normalized spacial score (nSPS) is 15.7. The van der Waals surface area contributed by atoms with Crippen molar-refractivity contribution in [1.82, 2.24) is 15.0 Å². The van der Waals surface area contributed by atoms with Crippen LogP contribution in [0.15, 0.2) is 18.2 Å². The highest BCUT2D eigenvalue weighted by atomic mass is 16.5. The van der Waals surface area contributed by atoms with Crippen molar-refractivity contribution in [2.75, 3.05) is 7.11 Å². The van der Waals surface area contributed by atoms with E-state index < -0.39 is 0 Å². The average molecular weight is 299 g/mol. The molecule has 116 valence electrons. The number of ether oxygens (including phenoxy) is 1. The van der Waals surface area contributed by atoms with Crippen molar-refractivity contribution in [3.63, 3.8) is 0 Å². The van der Waals surface area contributed by atoms with Crippen LogP contribution in [-0.2, 0) is 0 Å². The Morgan fingerprint density at radius 1 is 1.27 bits per heavy atom. The lowest BCUT2D eigenvalue weighted by molar-refractivity contribution is 0.111. The van der Waals surface area contributed by atoms with Crippen molar-refractivity contribution >= 4 is 6.29 Å². The molecule has 0 atom stereocenters. The molecular formula is C17H21N3O2. The molecule has 0 radical (unpaired) electrons. The van der Waals surface area contributed by atoms with Crippen LogP contribution < -0.4 is 4.74 Å². The molecule has 1 heterocycles. The van der Waals surface area contributed by atoms with Crippen molar-refractivity contribution in [2.45, 2.75) is 44.9 Å². The van der Waals surface area contributed by atoms with Crippen molar-refractivity contribution in [3.8, 4) is 11.4 Å². The fourth-order valence-electron chi connectivity index (χ4n) is 3.29. The minimum absolute atomic E-state index is 0.342. The van der Waals surface area contributed by atoms with Crippen LogP contribution in [0.3, 0.4) is 0 Å². The minimum atomic E-state index is 0.342. The zero-order valence-corrected chi connectivity index (χ0v) is 13.1. The van der Waals surface area contributed by atoms with Crippen LogP contribution in [0.25, 0.3) is 5.69 Å². The fourth-order valence-corrected chi connectivity index (χ4v) is 3.29. The molecule has 1 saturated carbocycles. The first kappa shape index (κ1) is 14.8. The maximum absolute atomic E-state index is 11.4. The summed E-state index contributed by atoms with van der Waals surface area (Å²) in [5.41, 5.74) is 3.35. The van der Waals surface area contributed by atoms with Crippen LogP contribution >= 0.6 is 0 Å². The van der Waals surface area contributed by atoms with Gasteiger partial charge in [-0.1, -0.05) is 30.5 Å². The first-order valence-corrected chi connectivity index (χ1v) is 7.80. The van der Waals surface area contributed by atoms with Gasteiger partial charge in [0.2, 0.25) is 0 Å². The molecule has 1 aromatic carbocycles. The van der Waals surface area contributed by atoms with Gasteiger partial charge in [-0.3, -0.25) is 4.79 Å². The number of aldehydes is 1. The maximum atomic E-state index is 11.4. The monoisotopic (exact) mass is 299 g/mol. The minimum Gasteiger partial charge on any atom is -0.494 e. The summed E-state index contributed by atoms with van der Waals surface area (Å²) in [6, 6.07) is 5.95. The lowest BCUT2D eigenvalue weighted by atomic mass is 9.86. The number of carbonyl (C=O) groups excluding carboxylic acids is 1. The third kappa shape index (κ3) is 2.63. The molecule has 1 fully saturated rings. The van der Waals surface area contributed by atoms with E-state index in [4.69, 9.17) is 4.74 Å². The Morgan fingerprint density at radius 2 is 2.05 bits per heavy atom. The number of hydrogen-bond donors (Lipinski definition) is 0. The van der Waals surface area contributed by atoms with E-state index in [0.29, 0.717) is 11.6 Å². The Morgan fingerprint density at radius 3 is 2.73 bits per heavy atom. The van der Waals surface area contributed by atoms with Gasteiger partial charge in [0, 0.05) is 5.92 Å². The molecule has 0 N–H and O–H groups in total. The molecule has 1 aromatic heterocycles. The van der Waals surface area contributed by atoms with Gasteiger partial charge in [0.1, 0.15) is 17.1 Å². The maximum Gasteiger partial charge on any atom is 0.172 e. The van der Waals surface area contributed by atoms with Gasteiger partial charge in [-0.05, 0) is 37.5 Å². The van der Waals surface area contributed by atoms with Crippen molar-refractivity contribution in [3.05, 3.63) is 35.2 Å². The average Bonchev–Trinajstić information content (AvgIpc) is 2.99. The number of aromatic nitrogens is 3. The third-order valence-corrected chi connectivity index (χ3v) is 4.40. The number of hydrogen-bond acceptors (Lipinski definition) is 4. The van der Waals surface area contributed by atoms with E-state index in [1.165, 1.54) is 19.3 Å². The molecule has 22 heavy (non-hydrogen) atoms. The summed E-state index contributed by atoms with van der Waals surface area (Å²) >= 11 is 0. The molecule has 1 aliphatic carbocycles. The number of carbonyl (C=O) groups is 1. The lowest BCUT2D eigenvalue weighted by Gasteiger charge is -2.23. The Bertz CT molecular complexity index is 673. The topological polar surface area (TPSA) is 57.0 Å². The summed E-state index contributed by atoms with van der Waals surface area (Å²) in [5.74, 6) is 1.08. The largest absolute Gasteiger partial charge is 0.494 e. The SMILES string of the molecule is COc1ccc(C)cc1-n1nnc(C=O)c1C1CCCCC1. The summed E-state index contributed by atoms with van der Waals surface area (Å²) in [6.07, 6.45) is 6.64. The molecule has 2 aromatic rings. The Labute approximate surface area is 130 Å². The smallest absolute Gasteiger partial charge is 0.172 e. The predicted octanol–water partition coefficient (Wildman–Crippen LogP) is 3.44. The summed E-state index contributed by atoms with van der Waals surface area (Å²) in [5, 5.41) is 8.32. The van der Waals surface area contributed by atoms with Crippen molar-refractivity contribution in [2.24, 2.45) is 0 Å². The summed E-state index contributed by atoms with van der Waals surface area (Å²) in [7, 11) is 1.64. The van der Waals surface area contributed by atoms with Crippen LogP contribution in [0.5, 0.6) is 5.75 Å². The second kappa shape index (κ2) is 6.30. The quantitative estimate of drug-likeness (QED) is 0.811. The van der Waals surface area contributed by atoms with E-state index >= 15 is 0 Å².